The lowest BCUT2D eigenvalue weighted by molar-refractivity contribution is 0.0704. The Morgan fingerprint density at radius 1 is 1.12 bits per heavy atom. The predicted octanol–water partition coefficient (Wildman–Crippen LogP) is 2.48. The van der Waals surface area contributed by atoms with E-state index in [4.69, 9.17) is 0 Å². The van der Waals surface area contributed by atoms with Crippen molar-refractivity contribution in [1.82, 2.24) is 23.9 Å². The largest absolute Gasteiger partial charge is 0.339 e. The second kappa shape index (κ2) is 7.25. The van der Waals surface area contributed by atoms with Gasteiger partial charge in [0.2, 0.25) is 0 Å². The maximum atomic E-state index is 12.5. The van der Waals surface area contributed by atoms with Crippen LogP contribution in [-0.2, 0) is 6.54 Å². The average molecular weight is 353 g/mol. The van der Waals surface area contributed by atoms with Gasteiger partial charge in [-0.1, -0.05) is 6.07 Å². The zero-order valence-corrected chi connectivity index (χ0v) is 14.6. The number of likely N-dealkylation sites (tertiary alicyclic amines) is 1. The smallest absolute Gasteiger partial charge is 0.253 e. The van der Waals surface area contributed by atoms with Gasteiger partial charge in [0.15, 0.2) is 0 Å². The topological polar surface area (TPSA) is 71.0 Å². The zero-order chi connectivity index (χ0) is 17.1. The lowest BCUT2D eigenvalue weighted by atomic mass is 10.0. The summed E-state index contributed by atoms with van der Waals surface area (Å²) in [6.45, 7) is 2.39. The first-order chi connectivity index (χ1) is 12.3. The van der Waals surface area contributed by atoms with E-state index >= 15 is 0 Å². The van der Waals surface area contributed by atoms with Crippen LogP contribution in [0.4, 0.5) is 0 Å². The van der Waals surface area contributed by atoms with E-state index in [1.165, 1.54) is 17.3 Å². The van der Waals surface area contributed by atoms with Gasteiger partial charge in [-0.15, -0.1) is 0 Å². The highest BCUT2D eigenvalue weighted by Gasteiger charge is 2.23. The number of hydrogen-bond acceptors (Lipinski definition) is 6. The Morgan fingerprint density at radius 2 is 1.88 bits per heavy atom. The SMILES string of the molecule is O=C(c1ccncc1)N1CCC(NCc2ccc3nsnc3c2)CC1. The van der Waals surface area contributed by atoms with Crippen molar-refractivity contribution in [1.29, 1.82) is 0 Å². The highest BCUT2D eigenvalue weighted by molar-refractivity contribution is 7.00. The molecule has 7 heteroatoms. The minimum Gasteiger partial charge on any atom is -0.339 e. The van der Waals surface area contributed by atoms with Gasteiger partial charge in [-0.2, -0.15) is 8.75 Å². The molecule has 2 aromatic heterocycles. The highest BCUT2D eigenvalue weighted by Crippen LogP contribution is 2.16. The molecule has 0 bridgehead atoms. The summed E-state index contributed by atoms with van der Waals surface area (Å²) in [6, 6.07) is 10.2. The van der Waals surface area contributed by atoms with Gasteiger partial charge in [-0.25, -0.2) is 0 Å². The number of piperidine rings is 1. The van der Waals surface area contributed by atoms with Crippen LogP contribution in [0.25, 0.3) is 11.0 Å². The molecule has 0 atom stereocenters. The summed E-state index contributed by atoms with van der Waals surface area (Å²) >= 11 is 1.25. The van der Waals surface area contributed by atoms with E-state index in [-0.39, 0.29) is 5.91 Å². The molecule has 1 aromatic carbocycles. The summed E-state index contributed by atoms with van der Waals surface area (Å²) < 4.78 is 8.51. The lowest BCUT2D eigenvalue weighted by Crippen LogP contribution is -2.44. The average Bonchev–Trinajstić information content (AvgIpc) is 3.15. The summed E-state index contributed by atoms with van der Waals surface area (Å²) in [5.41, 5.74) is 3.85. The highest BCUT2D eigenvalue weighted by atomic mass is 32.1. The molecule has 1 fully saturated rings. The summed E-state index contributed by atoms with van der Waals surface area (Å²) in [5.74, 6) is 0.0994. The number of fused-ring (bicyclic) bond motifs is 1. The summed E-state index contributed by atoms with van der Waals surface area (Å²) in [5, 5.41) is 3.60. The number of pyridine rings is 1. The summed E-state index contributed by atoms with van der Waals surface area (Å²) in [7, 11) is 0. The number of hydrogen-bond donors (Lipinski definition) is 1. The Labute approximate surface area is 150 Å². The van der Waals surface area contributed by atoms with Crippen LogP contribution in [0.15, 0.2) is 42.7 Å². The zero-order valence-electron chi connectivity index (χ0n) is 13.8. The Kier molecular flexibility index (Phi) is 4.67. The van der Waals surface area contributed by atoms with Crippen molar-refractivity contribution in [3.05, 3.63) is 53.9 Å². The summed E-state index contributed by atoms with van der Waals surface area (Å²) in [6.07, 6.45) is 5.26. The van der Waals surface area contributed by atoms with Crippen LogP contribution in [0.2, 0.25) is 0 Å². The fourth-order valence-electron chi connectivity index (χ4n) is 3.16. The van der Waals surface area contributed by atoms with Gasteiger partial charge < -0.3 is 10.2 Å². The first-order valence-corrected chi connectivity index (χ1v) is 9.16. The summed E-state index contributed by atoms with van der Waals surface area (Å²) in [4.78, 5) is 18.3. The normalized spacial score (nSPS) is 15.6. The van der Waals surface area contributed by atoms with Crippen LogP contribution in [0.5, 0.6) is 0 Å². The molecule has 3 aromatic rings. The molecule has 1 aliphatic heterocycles. The molecular formula is C18H19N5OS. The molecule has 128 valence electrons. The van der Waals surface area contributed by atoms with E-state index in [9.17, 15) is 4.79 Å². The van der Waals surface area contributed by atoms with Crippen molar-refractivity contribution >= 4 is 28.7 Å². The number of benzene rings is 1. The minimum atomic E-state index is 0.0994. The third kappa shape index (κ3) is 3.67. The fraction of sp³-hybridized carbons (Fsp3) is 0.333. The van der Waals surface area contributed by atoms with E-state index in [0.29, 0.717) is 11.6 Å². The second-order valence-corrected chi connectivity index (χ2v) is 6.80. The number of amides is 1. The van der Waals surface area contributed by atoms with Gasteiger partial charge in [0.25, 0.3) is 5.91 Å². The van der Waals surface area contributed by atoms with Crippen molar-refractivity contribution in [2.45, 2.75) is 25.4 Å². The van der Waals surface area contributed by atoms with Gasteiger partial charge in [0.1, 0.15) is 11.0 Å². The van der Waals surface area contributed by atoms with Gasteiger partial charge in [-0.3, -0.25) is 9.78 Å². The van der Waals surface area contributed by atoms with Crippen molar-refractivity contribution in [2.75, 3.05) is 13.1 Å². The van der Waals surface area contributed by atoms with Crippen LogP contribution in [0.3, 0.4) is 0 Å². The van der Waals surface area contributed by atoms with Gasteiger partial charge >= 0.3 is 0 Å². The van der Waals surface area contributed by atoms with Gasteiger partial charge in [0, 0.05) is 43.6 Å². The molecule has 6 nitrogen and oxygen atoms in total. The van der Waals surface area contributed by atoms with Crippen LogP contribution >= 0.6 is 11.7 Å². The van der Waals surface area contributed by atoms with Crippen molar-refractivity contribution in [2.24, 2.45) is 0 Å². The van der Waals surface area contributed by atoms with Crippen LogP contribution in [0.1, 0.15) is 28.8 Å². The van der Waals surface area contributed by atoms with E-state index < -0.39 is 0 Å². The monoisotopic (exact) mass is 353 g/mol. The molecule has 1 amide bonds. The molecule has 3 heterocycles. The molecule has 1 saturated heterocycles. The minimum absolute atomic E-state index is 0.0994. The van der Waals surface area contributed by atoms with Crippen molar-refractivity contribution < 1.29 is 4.79 Å². The second-order valence-electron chi connectivity index (χ2n) is 6.27. The predicted molar refractivity (Wildman–Crippen MR) is 97.4 cm³/mol. The third-order valence-electron chi connectivity index (χ3n) is 4.62. The Balaban J connectivity index is 1.29. The van der Waals surface area contributed by atoms with Crippen LogP contribution in [0, 0.1) is 0 Å². The van der Waals surface area contributed by atoms with Crippen molar-refractivity contribution in [3.8, 4) is 0 Å². The molecule has 25 heavy (non-hydrogen) atoms. The number of nitrogens with zero attached hydrogens (tertiary/aromatic N) is 4. The number of carbonyl (C=O) groups excluding carboxylic acids is 1. The quantitative estimate of drug-likeness (QED) is 0.780. The molecule has 0 saturated carbocycles. The number of rotatable bonds is 4. The molecular weight excluding hydrogens is 334 g/mol. The Hall–Kier alpha value is -2.38. The lowest BCUT2D eigenvalue weighted by Gasteiger charge is -2.32. The molecule has 0 aliphatic carbocycles. The third-order valence-corrected chi connectivity index (χ3v) is 5.18. The fourth-order valence-corrected chi connectivity index (χ4v) is 3.68. The number of nitrogens with one attached hydrogen (secondary N) is 1. The Bertz CT molecular complexity index is 858. The van der Waals surface area contributed by atoms with Crippen LogP contribution < -0.4 is 5.32 Å². The molecule has 1 N–H and O–H groups in total. The first-order valence-electron chi connectivity index (χ1n) is 8.43. The molecule has 0 radical (unpaired) electrons. The molecule has 0 unspecified atom stereocenters. The van der Waals surface area contributed by atoms with Gasteiger partial charge in [-0.05, 0) is 42.7 Å². The maximum absolute atomic E-state index is 12.5. The van der Waals surface area contributed by atoms with E-state index in [1.54, 1.807) is 24.5 Å². The Morgan fingerprint density at radius 3 is 2.68 bits per heavy atom. The molecule has 1 aliphatic rings. The molecule has 0 spiro atoms. The van der Waals surface area contributed by atoms with E-state index in [1.807, 2.05) is 11.0 Å². The maximum Gasteiger partial charge on any atom is 0.253 e. The van der Waals surface area contributed by atoms with Gasteiger partial charge in [0.05, 0.1) is 11.7 Å². The number of carbonyl (C=O) groups is 1. The molecule has 4 rings (SSSR count). The standard InChI is InChI=1S/C18H19N5OS/c24-18(14-3-7-19-8-4-14)23-9-5-15(6-10-23)20-12-13-1-2-16-17(11-13)22-25-21-16/h1-4,7-8,11,15,20H,5-6,9-10,12H2. The van der Waals surface area contributed by atoms with E-state index in [2.05, 4.69) is 31.2 Å². The van der Waals surface area contributed by atoms with Crippen molar-refractivity contribution in [3.63, 3.8) is 0 Å². The van der Waals surface area contributed by atoms with Crippen LogP contribution in [-0.4, -0.2) is 43.7 Å². The first kappa shape index (κ1) is 16.1. The number of aromatic nitrogens is 3. The van der Waals surface area contributed by atoms with E-state index in [0.717, 1.165) is 43.5 Å².